The summed E-state index contributed by atoms with van der Waals surface area (Å²) in [5.41, 5.74) is 2.96. The van der Waals surface area contributed by atoms with Crippen LogP contribution in [0, 0.1) is 23.7 Å². The van der Waals surface area contributed by atoms with Crippen LogP contribution in [0.25, 0.3) is 45.1 Å². The predicted molar refractivity (Wildman–Crippen MR) is 317 cm³/mol. The van der Waals surface area contributed by atoms with Gasteiger partial charge >= 0.3 is 21.1 Å². The van der Waals surface area contributed by atoms with Crippen molar-refractivity contribution >= 4 is 81.0 Å². The van der Waals surface area contributed by atoms with Gasteiger partial charge in [-0.25, -0.2) is 38.1 Å². The maximum atomic E-state index is 13.9. The lowest BCUT2D eigenvalue weighted by molar-refractivity contribution is 0.00578. The quantitative estimate of drug-likeness (QED) is 0.116. The first-order valence-corrected chi connectivity index (χ1v) is 28.2. The summed E-state index contributed by atoms with van der Waals surface area (Å²) in [6.45, 7) is 23.6. The fourth-order valence-corrected chi connectivity index (χ4v) is 9.47. The summed E-state index contributed by atoms with van der Waals surface area (Å²) in [4.78, 5) is 20.0. The molecule has 440 valence electrons. The van der Waals surface area contributed by atoms with E-state index in [1.54, 1.807) is 42.9 Å². The van der Waals surface area contributed by atoms with E-state index in [0.29, 0.717) is 39.5 Å². The Hall–Kier alpha value is -6.32. The third-order valence-corrected chi connectivity index (χ3v) is 16.5. The van der Waals surface area contributed by atoms with E-state index in [2.05, 4.69) is 56.8 Å². The van der Waals surface area contributed by atoms with Crippen LogP contribution in [0.2, 0.25) is 0 Å². The van der Waals surface area contributed by atoms with Crippen LogP contribution in [0.4, 0.5) is 26.3 Å². The van der Waals surface area contributed by atoms with E-state index in [1.165, 1.54) is 67.0 Å². The number of hydrogen-bond donors (Lipinski definition) is 0. The van der Waals surface area contributed by atoms with Gasteiger partial charge in [0, 0.05) is 57.3 Å². The molecule has 3 saturated heterocycles. The van der Waals surface area contributed by atoms with Crippen LogP contribution in [0.5, 0.6) is 0 Å². The van der Waals surface area contributed by atoms with Crippen molar-refractivity contribution in [3.63, 3.8) is 0 Å². The summed E-state index contributed by atoms with van der Waals surface area (Å²) in [5.74, 6) is -1.72. The standard InChI is InChI=1S/C18H12F4N4.C13H16BFN2O2.C12H24B2O4.C7H4BrFN2.C7H5BrN2/c19-13-4-1-11(2-5-13)17-18(25(10-24-17)9-14(20)21)12-3-6-16-23-7-15(22)26(16)8-12;1-12(2)13(3,4)19-14(18-12)9-5-6-11-16-7-10(15)17(11)8-9;1-9(2)10(3,4)16-13(15-9)14-17-11(5,6)12(7,8)18-14;8-5-1-2-7-10-3-6(9)11(7)4-5;8-6-1-2-7-9-3-4-10(7)5-6/h1-8,10,14H,9H2;5-8H,1-4H3;1-8H3;1-4H;1-5H. The fraction of sp³-hybridized carbons (Fsp3) is 0.351. The lowest BCUT2D eigenvalue weighted by Gasteiger charge is -2.32. The molecule has 0 amide bonds. The molecule has 12 heterocycles. The Morgan fingerprint density at radius 3 is 1.42 bits per heavy atom. The highest BCUT2D eigenvalue weighted by Crippen LogP contribution is 2.43. The van der Waals surface area contributed by atoms with Gasteiger partial charge < -0.3 is 36.9 Å². The number of pyridine rings is 4. The van der Waals surface area contributed by atoms with E-state index in [1.807, 2.05) is 124 Å². The molecule has 3 fully saturated rings. The van der Waals surface area contributed by atoms with Crippen LogP contribution < -0.4 is 5.46 Å². The lowest BCUT2D eigenvalue weighted by Crippen LogP contribution is -2.41. The van der Waals surface area contributed by atoms with E-state index in [-0.39, 0.29) is 28.4 Å². The molecular formula is C57H61B3Br2F6N10O6. The van der Waals surface area contributed by atoms with E-state index in [0.717, 1.165) is 26.3 Å². The fourth-order valence-electron chi connectivity index (χ4n) is 8.78. The number of aromatic nitrogens is 10. The van der Waals surface area contributed by atoms with Crippen molar-refractivity contribution < 1.29 is 54.3 Å². The molecule has 84 heavy (non-hydrogen) atoms. The second-order valence-corrected chi connectivity index (χ2v) is 24.9. The highest BCUT2D eigenvalue weighted by atomic mass is 79.9. The van der Waals surface area contributed by atoms with E-state index < -0.39 is 63.0 Å². The number of halogens is 8. The molecule has 13 rings (SSSR count). The Balaban J connectivity index is 0.000000131. The average Bonchev–Trinajstić information content (AvgIpc) is 4.41. The minimum atomic E-state index is -2.59. The molecule has 0 aliphatic carbocycles. The van der Waals surface area contributed by atoms with Crippen molar-refractivity contribution in [1.82, 2.24) is 47.1 Å². The number of fused-ring (bicyclic) bond motifs is 4. The summed E-state index contributed by atoms with van der Waals surface area (Å²) in [6.07, 6.45) is 12.6. The first-order chi connectivity index (χ1) is 39.3. The van der Waals surface area contributed by atoms with Crippen LogP contribution in [0.15, 0.2) is 144 Å². The van der Waals surface area contributed by atoms with Crippen molar-refractivity contribution in [3.05, 3.63) is 168 Å². The Bertz CT molecular complexity index is 3870. The van der Waals surface area contributed by atoms with E-state index >= 15 is 0 Å². The molecular weight excluding hydrogens is 1230 g/mol. The second-order valence-electron chi connectivity index (χ2n) is 23.0. The molecule has 0 bridgehead atoms. The molecule has 1 aromatic carbocycles. The van der Waals surface area contributed by atoms with Gasteiger partial charge in [0.1, 0.15) is 28.4 Å². The smallest absolute Gasteiger partial charge is 0.405 e. The van der Waals surface area contributed by atoms with Crippen LogP contribution >= 0.6 is 31.9 Å². The Kier molecular flexibility index (Phi) is 17.7. The van der Waals surface area contributed by atoms with Crippen LogP contribution in [-0.2, 0) is 34.5 Å². The van der Waals surface area contributed by atoms with Crippen molar-refractivity contribution in [1.29, 1.82) is 0 Å². The van der Waals surface area contributed by atoms with Gasteiger partial charge in [0.05, 0.1) is 76.5 Å². The number of nitrogens with zero attached hydrogens (tertiary/aromatic N) is 10. The maximum absolute atomic E-state index is 13.9. The monoisotopic (exact) mass is 1290 g/mol. The minimum absolute atomic E-state index is 0.346. The van der Waals surface area contributed by atoms with Gasteiger partial charge in [-0.05, 0) is 187 Å². The summed E-state index contributed by atoms with van der Waals surface area (Å²) in [7, 11) is -1.44. The zero-order chi connectivity index (χ0) is 60.9. The molecule has 10 aromatic rings. The van der Waals surface area contributed by atoms with Crippen molar-refractivity contribution in [2.45, 2.75) is 130 Å². The first kappa shape index (κ1) is 62.2. The van der Waals surface area contributed by atoms with Gasteiger partial charge in [0.2, 0.25) is 17.8 Å². The van der Waals surface area contributed by atoms with E-state index in [9.17, 15) is 26.3 Å². The molecule has 0 N–H and O–H groups in total. The Labute approximate surface area is 499 Å². The van der Waals surface area contributed by atoms with Gasteiger partial charge in [-0.1, -0.05) is 6.07 Å². The average molecular weight is 1290 g/mol. The zero-order valence-corrected chi connectivity index (χ0v) is 51.3. The van der Waals surface area contributed by atoms with Crippen LogP contribution in [0.1, 0.15) is 83.1 Å². The van der Waals surface area contributed by atoms with Crippen LogP contribution in [-0.4, -0.2) is 108 Å². The highest BCUT2D eigenvalue weighted by Gasteiger charge is 2.64. The summed E-state index contributed by atoms with van der Waals surface area (Å²) < 4.78 is 124. The van der Waals surface area contributed by atoms with Gasteiger partial charge in [0.25, 0.3) is 6.43 Å². The SMILES string of the molecule is Brc1ccc2nccn2c1.CC1(C)OB(B2OC(C)(C)C(C)(C)O2)OC1(C)C.CC1(C)OB(c2ccc3ncc(F)n3c2)OC1(C)C.Fc1ccc(-c2ncn(CC(F)F)c2-c2ccc3ncc(F)n3c2)cc1.Fc1cnc2ccc(Br)cn12. The van der Waals surface area contributed by atoms with E-state index in [4.69, 9.17) is 27.9 Å². The number of rotatable bonds is 6. The van der Waals surface area contributed by atoms with Gasteiger partial charge in [-0.3, -0.25) is 13.2 Å². The molecule has 0 spiro atoms. The molecule has 9 aromatic heterocycles. The molecule has 0 unspecified atom stereocenters. The zero-order valence-electron chi connectivity index (χ0n) is 48.2. The summed E-state index contributed by atoms with van der Waals surface area (Å²) in [6, 6.07) is 19.9. The molecule has 0 saturated carbocycles. The molecule has 3 aliphatic rings. The Morgan fingerprint density at radius 1 is 0.476 bits per heavy atom. The molecule has 27 heteroatoms. The van der Waals surface area contributed by atoms with Gasteiger partial charge in [0.15, 0.2) is 0 Å². The van der Waals surface area contributed by atoms with Gasteiger partial charge in [-0.2, -0.15) is 13.2 Å². The van der Waals surface area contributed by atoms with Gasteiger partial charge in [-0.15, -0.1) is 0 Å². The van der Waals surface area contributed by atoms with Crippen molar-refractivity contribution in [3.8, 4) is 22.5 Å². The predicted octanol–water partition coefficient (Wildman–Crippen LogP) is 12.8. The molecule has 16 nitrogen and oxygen atoms in total. The second kappa shape index (κ2) is 23.9. The third kappa shape index (κ3) is 13.2. The molecule has 0 radical (unpaired) electrons. The molecule has 3 aliphatic heterocycles. The first-order valence-electron chi connectivity index (χ1n) is 26.6. The highest BCUT2D eigenvalue weighted by molar-refractivity contribution is 9.10. The molecule has 0 atom stereocenters. The summed E-state index contributed by atoms with van der Waals surface area (Å²) in [5, 5.41) is 0. The minimum Gasteiger partial charge on any atom is -0.405 e. The maximum Gasteiger partial charge on any atom is 0.496 e. The van der Waals surface area contributed by atoms with Crippen LogP contribution in [0.3, 0.4) is 0 Å². The normalized spacial score (nSPS) is 17.9. The third-order valence-electron chi connectivity index (χ3n) is 15.6. The Morgan fingerprint density at radius 2 is 0.905 bits per heavy atom. The summed E-state index contributed by atoms with van der Waals surface area (Å²) >= 11 is 6.60. The van der Waals surface area contributed by atoms with Crippen molar-refractivity contribution in [2.24, 2.45) is 0 Å². The number of imidazole rings is 5. The number of hydrogen-bond acceptors (Lipinski definition) is 11. The number of alkyl halides is 2. The lowest BCUT2D eigenvalue weighted by atomic mass is 9.49. The topological polar surface area (TPSA) is 142 Å². The number of benzene rings is 1. The largest absolute Gasteiger partial charge is 0.496 e. The van der Waals surface area contributed by atoms with Crippen molar-refractivity contribution in [2.75, 3.05) is 0 Å².